The van der Waals surface area contributed by atoms with Gasteiger partial charge >= 0.3 is 5.97 Å². The van der Waals surface area contributed by atoms with Crippen LogP contribution in [0.5, 0.6) is 5.75 Å². The second kappa shape index (κ2) is 9.10. The highest BCUT2D eigenvalue weighted by Crippen LogP contribution is 2.43. The molecule has 3 atom stereocenters. The average Bonchev–Trinajstić information content (AvgIpc) is 2.69. The summed E-state index contributed by atoms with van der Waals surface area (Å²) >= 11 is 0. The van der Waals surface area contributed by atoms with Crippen molar-refractivity contribution in [1.82, 2.24) is 4.90 Å². The Hall–Kier alpha value is -2.51. The van der Waals surface area contributed by atoms with Crippen LogP contribution in [-0.2, 0) is 10.3 Å². The normalized spacial score (nSPS) is 24.0. The fraction of sp³-hybridized carbons (Fsp3) is 0.435. The summed E-state index contributed by atoms with van der Waals surface area (Å²) in [6, 6.07) is 9.97. The van der Waals surface area contributed by atoms with Crippen LogP contribution in [0.15, 0.2) is 42.5 Å². The first-order chi connectivity index (χ1) is 14.2. The van der Waals surface area contributed by atoms with Gasteiger partial charge < -0.3 is 19.5 Å². The predicted molar refractivity (Wildman–Crippen MR) is 108 cm³/mol. The van der Waals surface area contributed by atoms with E-state index in [-0.39, 0.29) is 11.5 Å². The third-order valence-corrected chi connectivity index (χ3v) is 5.60. The summed E-state index contributed by atoms with van der Waals surface area (Å²) < 4.78 is 37.7. The number of benzene rings is 2. The van der Waals surface area contributed by atoms with Gasteiger partial charge in [-0.3, -0.25) is 0 Å². The van der Waals surface area contributed by atoms with E-state index in [9.17, 15) is 18.7 Å². The van der Waals surface area contributed by atoms with Gasteiger partial charge in [-0.15, -0.1) is 0 Å². The van der Waals surface area contributed by atoms with Gasteiger partial charge in [0.25, 0.3) is 0 Å². The quantitative estimate of drug-likeness (QED) is 0.723. The SMILES string of the molecule is COc1cccc(C2(O)CCC(OC(=O)c3cc(F)cc(F)c3)CC2CN(C)C)c1. The van der Waals surface area contributed by atoms with Crippen molar-refractivity contribution in [1.29, 1.82) is 0 Å². The highest BCUT2D eigenvalue weighted by molar-refractivity contribution is 5.89. The minimum atomic E-state index is -1.10. The molecule has 162 valence electrons. The summed E-state index contributed by atoms with van der Waals surface area (Å²) in [5.41, 5.74) is -0.511. The Morgan fingerprint density at radius 2 is 1.90 bits per heavy atom. The van der Waals surface area contributed by atoms with Crippen LogP contribution in [0, 0.1) is 17.6 Å². The number of hydrogen-bond donors (Lipinski definition) is 1. The molecule has 3 rings (SSSR count). The Balaban J connectivity index is 1.79. The van der Waals surface area contributed by atoms with Crippen LogP contribution in [0.4, 0.5) is 8.78 Å². The van der Waals surface area contributed by atoms with E-state index in [0.29, 0.717) is 37.6 Å². The van der Waals surface area contributed by atoms with Crippen LogP contribution in [0.3, 0.4) is 0 Å². The van der Waals surface area contributed by atoms with Crippen LogP contribution >= 0.6 is 0 Å². The Bertz CT molecular complexity index is 884. The van der Waals surface area contributed by atoms with E-state index in [1.807, 2.05) is 43.3 Å². The van der Waals surface area contributed by atoms with E-state index in [4.69, 9.17) is 9.47 Å². The minimum Gasteiger partial charge on any atom is -0.497 e. The van der Waals surface area contributed by atoms with E-state index in [0.717, 1.165) is 17.7 Å². The molecule has 0 radical (unpaired) electrons. The molecular weight excluding hydrogens is 392 g/mol. The van der Waals surface area contributed by atoms with Crippen molar-refractivity contribution >= 4 is 5.97 Å². The number of rotatable bonds is 6. The number of nitrogens with zero attached hydrogens (tertiary/aromatic N) is 1. The topological polar surface area (TPSA) is 59.0 Å². The van der Waals surface area contributed by atoms with Gasteiger partial charge in [0, 0.05) is 18.5 Å². The lowest BCUT2D eigenvalue weighted by molar-refractivity contribution is -0.0960. The van der Waals surface area contributed by atoms with Crippen molar-refractivity contribution in [3.63, 3.8) is 0 Å². The molecule has 1 aliphatic carbocycles. The van der Waals surface area contributed by atoms with Crippen molar-refractivity contribution in [2.75, 3.05) is 27.7 Å². The van der Waals surface area contributed by atoms with E-state index in [1.54, 1.807) is 7.11 Å². The lowest BCUT2D eigenvalue weighted by atomic mass is 9.70. The van der Waals surface area contributed by atoms with Gasteiger partial charge in [0.05, 0.1) is 18.3 Å². The summed E-state index contributed by atoms with van der Waals surface area (Å²) in [5, 5.41) is 11.6. The van der Waals surface area contributed by atoms with E-state index >= 15 is 0 Å². The molecule has 3 unspecified atom stereocenters. The number of esters is 1. The molecule has 0 spiro atoms. The highest BCUT2D eigenvalue weighted by Gasteiger charge is 2.44. The monoisotopic (exact) mass is 419 g/mol. The molecule has 1 aliphatic rings. The van der Waals surface area contributed by atoms with E-state index in [1.165, 1.54) is 0 Å². The second-order valence-corrected chi connectivity index (χ2v) is 8.08. The van der Waals surface area contributed by atoms with Crippen molar-refractivity contribution in [3.8, 4) is 5.75 Å². The molecule has 0 heterocycles. The van der Waals surface area contributed by atoms with Gasteiger partial charge in [0.2, 0.25) is 0 Å². The minimum absolute atomic E-state index is 0.162. The molecule has 0 bridgehead atoms. The Morgan fingerprint density at radius 3 is 2.53 bits per heavy atom. The number of aliphatic hydroxyl groups is 1. The number of carbonyl (C=O) groups excluding carboxylic acids is 1. The van der Waals surface area contributed by atoms with Gasteiger partial charge in [0.1, 0.15) is 23.5 Å². The molecule has 5 nitrogen and oxygen atoms in total. The van der Waals surface area contributed by atoms with Crippen molar-refractivity contribution in [3.05, 3.63) is 65.2 Å². The van der Waals surface area contributed by atoms with Crippen LogP contribution in [-0.4, -0.2) is 49.8 Å². The van der Waals surface area contributed by atoms with Gasteiger partial charge in [-0.05, 0) is 63.2 Å². The fourth-order valence-electron chi connectivity index (χ4n) is 4.15. The van der Waals surface area contributed by atoms with Crippen molar-refractivity contribution in [2.24, 2.45) is 5.92 Å². The third-order valence-electron chi connectivity index (χ3n) is 5.60. The van der Waals surface area contributed by atoms with Crippen LogP contribution < -0.4 is 4.74 Å². The Kier molecular flexibility index (Phi) is 6.73. The zero-order chi connectivity index (χ0) is 21.9. The first-order valence-corrected chi connectivity index (χ1v) is 9.90. The fourth-order valence-corrected chi connectivity index (χ4v) is 4.15. The summed E-state index contributed by atoms with van der Waals surface area (Å²) in [6.45, 7) is 0.580. The molecule has 0 saturated heterocycles. The zero-order valence-corrected chi connectivity index (χ0v) is 17.4. The molecule has 1 N–H and O–H groups in total. The number of methoxy groups -OCH3 is 1. The largest absolute Gasteiger partial charge is 0.497 e. The van der Waals surface area contributed by atoms with E-state index in [2.05, 4.69) is 0 Å². The van der Waals surface area contributed by atoms with Crippen molar-refractivity contribution < 1.29 is 28.2 Å². The maximum absolute atomic E-state index is 13.4. The first kappa shape index (κ1) is 22.2. The van der Waals surface area contributed by atoms with Crippen LogP contribution in [0.2, 0.25) is 0 Å². The third kappa shape index (κ3) is 4.96. The zero-order valence-electron chi connectivity index (χ0n) is 17.4. The lowest BCUT2D eigenvalue weighted by Crippen LogP contribution is -2.47. The molecular formula is C23H27F2NO4. The number of ether oxygens (including phenoxy) is 2. The van der Waals surface area contributed by atoms with Gasteiger partial charge in [0.15, 0.2) is 0 Å². The number of halogens is 2. The Labute approximate surface area is 175 Å². The van der Waals surface area contributed by atoms with Crippen LogP contribution in [0.1, 0.15) is 35.2 Å². The summed E-state index contributed by atoms with van der Waals surface area (Å²) in [6.07, 6.45) is 0.782. The molecule has 2 aromatic carbocycles. The maximum atomic E-state index is 13.4. The second-order valence-electron chi connectivity index (χ2n) is 8.08. The smallest absolute Gasteiger partial charge is 0.338 e. The summed E-state index contributed by atoms with van der Waals surface area (Å²) in [7, 11) is 5.40. The summed E-state index contributed by atoms with van der Waals surface area (Å²) in [4.78, 5) is 14.4. The number of carbonyl (C=O) groups is 1. The van der Waals surface area contributed by atoms with Gasteiger partial charge in [-0.2, -0.15) is 0 Å². The van der Waals surface area contributed by atoms with Crippen LogP contribution in [0.25, 0.3) is 0 Å². The lowest BCUT2D eigenvalue weighted by Gasteiger charge is -2.44. The molecule has 30 heavy (non-hydrogen) atoms. The van der Waals surface area contributed by atoms with E-state index < -0.39 is 29.3 Å². The molecule has 2 aromatic rings. The molecule has 0 amide bonds. The Morgan fingerprint density at radius 1 is 1.20 bits per heavy atom. The van der Waals surface area contributed by atoms with Gasteiger partial charge in [-0.25, -0.2) is 13.6 Å². The molecule has 1 fully saturated rings. The molecule has 0 aromatic heterocycles. The maximum Gasteiger partial charge on any atom is 0.338 e. The summed E-state index contributed by atoms with van der Waals surface area (Å²) in [5.74, 6) is -1.98. The average molecular weight is 419 g/mol. The number of hydrogen-bond acceptors (Lipinski definition) is 5. The standard InChI is InChI=1S/C23H27F2NO4/c1-26(2)14-17-12-21(30-22(27)15-9-18(24)13-19(25)10-15)7-8-23(17,28)16-5-4-6-20(11-16)29-3/h4-6,9-11,13,17,21,28H,7-8,12,14H2,1-3H3. The highest BCUT2D eigenvalue weighted by atomic mass is 19.1. The molecule has 7 heteroatoms. The molecule has 1 saturated carbocycles. The predicted octanol–water partition coefficient (Wildman–Crippen LogP) is 3.75. The molecule has 0 aliphatic heterocycles. The first-order valence-electron chi connectivity index (χ1n) is 9.90. The van der Waals surface area contributed by atoms with Crippen molar-refractivity contribution in [2.45, 2.75) is 31.0 Å². The van der Waals surface area contributed by atoms with Gasteiger partial charge in [-0.1, -0.05) is 12.1 Å².